The molecule has 0 atom stereocenters. The van der Waals surface area contributed by atoms with Crippen LogP contribution in [0.2, 0.25) is 0 Å². The zero-order chi connectivity index (χ0) is 18.4. The molecule has 0 bridgehead atoms. The summed E-state index contributed by atoms with van der Waals surface area (Å²) in [6.07, 6.45) is 3.44. The Labute approximate surface area is 148 Å². The van der Waals surface area contributed by atoms with Crippen molar-refractivity contribution in [3.8, 4) is 5.69 Å². The van der Waals surface area contributed by atoms with E-state index in [4.69, 9.17) is 0 Å². The van der Waals surface area contributed by atoms with Gasteiger partial charge in [-0.15, -0.1) is 0 Å². The molecule has 1 aromatic carbocycles. The summed E-state index contributed by atoms with van der Waals surface area (Å²) in [6.45, 7) is 6.40. The van der Waals surface area contributed by atoms with Crippen molar-refractivity contribution in [1.82, 2.24) is 9.88 Å². The Morgan fingerprint density at radius 3 is 2.48 bits per heavy atom. The second-order valence-electron chi connectivity index (χ2n) is 5.95. The fraction of sp³-hybridized carbons (Fsp3) is 0.300. The van der Waals surface area contributed by atoms with Gasteiger partial charge in [-0.05, 0) is 50.6 Å². The van der Waals surface area contributed by atoms with Crippen LogP contribution in [0.5, 0.6) is 0 Å². The van der Waals surface area contributed by atoms with Crippen LogP contribution in [0.4, 0.5) is 0 Å². The molecule has 0 aliphatic heterocycles. The number of hydrogen-bond donors (Lipinski definition) is 1. The van der Waals surface area contributed by atoms with E-state index in [0.29, 0.717) is 0 Å². The number of amides is 1. The van der Waals surface area contributed by atoms with Gasteiger partial charge in [0.15, 0.2) is 0 Å². The van der Waals surface area contributed by atoms with E-state index in [9.17, 15) is 9.59 Å². The lowest BCUT2D eigenvalue weighted by molar-refractivity contribution is -0.140. The largest absolute Gasteiger partial charge is 0.469 e. The number of benzene rings is 1. The second kappa shape index (κ2) is 8.33. The molecule has 0 unspecified atom stereocenters. The van der Waals surface area contributed by atoms with Crippen LogP contribution in [0, 0.1) is 20.8 Å². The van der Waals surface area contributed by atoms with E-state index < -0.39 is 0 Å². The number of methoxy groups -OCH3 is 1. The van der Waals surface area contributed by atoms with Gasteiger partial charge in [-0.3, -0.25) is 9.59 Å². The Morgan fingerprint density at radius 2 is 1.84 bits per heavy atom. The van der Waals surface area contributed by atoms with E-state index in [0.717, 1.165) is 22.6 Å². The molecule has 5 nitrogen and oxygen atoms in total. The summed E-state index contributed by atoms with van der Waals surface area (Å²) in [6, 6.07) is 10.4. The van der Waals surface area contributed by atoms with E-state index in [1.165, 1.54) is 18.7 Å². The maximum atomic E-state index is 11.8. The summed E-state index contributed by atoms with van der Waals surface area (Å²) in [5.41, 5.74) is 5.48. The number of nitrogens with one attached hydrogen (secondary N) is 1. The van der Waals surface area contributed by atoms with Crippen LogP contribution in [0.25, 0.3) is 11.8 Å². The quantitative estimate of drug-likeness (QED) is 0.649. The van der Waals surface area contributed by atoms with Crippen LogP contribution in [0.15, 0.2) is 36.4 Å². The molecule has 0 radical (unpaired) electrons. The van der Waals surface area contributed by atoms with Crippen molar-refractivity contribution < 1.29 is 14.3 Å². The summed E-state index contributed by atoms with van der Waals surface area (Å²) in [4.78, 5) is 22.9. The number of nitrogens with zero attached hydrogens (tertiary/aromatic N) is 1. The third kappa shape index (κ3) is 4.83. The van der Waals surface area contributed by atoms with E-state index in [1.807, 2.05) is 19.9 Å². The smallest absolute Gasteiger partial charge is 0.307 e. The summed E-state index contributed by atoms with van der Waals surface area (Å²) in [7, 11) is 1.33. The Morgan fingerprint density at radius 1 is 1.16 bits per heavy atom. The van der Waals surface area contributed by atoms with Gasteiger partial charge in [0, 0.05) is 29.7 Å². The lowest BCUT2D eigenvalue weighted by Gasteiger charge is -2.09. The first kappa shape index (κ1) is 18.5. The third-order valence-electron chi connectivity index (χ3n) is 4.03. The van der Waals surface area contributed by atoms with E-state index >= 15 is 0 Å². The number of carbonyl (C=O) groups is 2. The zero-order valence-electron chi connectivity index (χ0n) is 15.1. The van der Waals surface area contributed by atoms with Crippen LogP contribution in [-0.4, -0.2) is 30.1 Å². The van der Waals surface area contributed by atoms with Crippen molar-refractivity contribution in [2.24, 2.45) is 0 Å². The van der Waals surface area contributed by atoms with Gasteiger partial charge in [0.2, 0.25) is 5.91 Å². The van der Waals surface area contributed by atoms with Crippen LogP contribution in [0.1, 0.15) is 28.9 Å². The number of aromatic nitrogens is 1. The second-order valence-corrected chi connectivity index (χ2v) is 5.95. The van der Waals surface area contributed by atoms with Gasteiger partial charge >= 0.3 is 5.97 Å². The number of rotatable bonds is 6. The summed E-state index contributed by atoms with van der Waals surface area (Å²) in [5, 5.41) is 2.66. The molecule has 1 N–H and O–H groups in total. The fourth-order valence-electron chi connectivity index (χ4n) is 2.66. The maximum Gasteiger partial charge on any atom is 0.307 e. The molecule has 5 heteroatoms. The van der Waals surface area contributed by atoms with Crippen LogP contribution < -0.4 is 5.32 Å². The fourth-order valence-corrected chi connectivity index (χ4v) is 2.66. The van der Waals surface area contributed by atoms with Gasteiger partial charge in [-0.25, -0.2) is 0 Å². The highest BCUT2D eigenvalue weighted by molar-refractivity contribution is 5.92. The lowest BCUT2D eigenvalue weighted by atomic mass is 10.2. The Bertz CT molecular complexity index is 786. The Kier molecular flexibility index (Phi) is 6.17. The molecule has 25 heavy (non-hydrogen) atoms. The number of aryl methyl sites for hydroxylation is 2. The van der Waals surface area contributed by atoms with Crippen molar-refractivity contribution in [3.05, 3.63) is 58.9 Å². The third-order valence-corrected chi connectivity index (χ3v) is 4.03. The van der Waals surface area contributed by atoms with Gasteiger partial charge < -0.3 is 14.6 Å². The van der Waals surface area contributed by atoms with Crippen molar-refractivity contribution in [2.75, 3.05) is 13.7 Å². The summed E-state index contributed by atoms with van der Waals surface area (Å²) < 4.78 is 6.69. The normalized spacial score (nSPS) is 10.9. The minimum absolute atomic E-state index is 0.165. The molecule has 0 fully saturated rings. The Hall–Kier alpha value is -2.82. The van der Waals surface area contributed by atoms with Gasteiger partial charge in [0.25, 0.3) is 0 Å². The molecule has 132 valence electrons. The summed E-state index contributed by atoms with van der Waals surface area (Å²) >= 11 is 0. The maximum absolute atomic E-state index is 11.8. The molecule has 0 aliphatic rings. The van der Waals surface area contributed by atoms with Gasteiger partial charge in [-0.2, -0.15) is 0 Å². The topological polar surface area (TPSA) is 60.3 Å². The first-order valence-electron chi connectivity index (χ1n) is 8.21. The number of ether oxygens (including phenoxy) is 1. The van der Waals surface area contributed by atoms with E-state index in [-0.39, 0.29) is 24.8 Å². The number of hydrogen-bond acceptors (Lipinski definition) is 3. The number of carbonyl (C=O) groups excluding carboxylic acids is 2. The molecule has 0 saturated heterocycles. The van der Waals surface area contributed by atoms with Crippen LogP contribution in [-0.2, 0) is 14.3 Å². The predicted octanol–water partition coefficient (Wildman–Crippen LogP) is 3.10. The molecular formula is C20H24N2O3. The average Bonchev–Trinajstić information content (AvgIpc) is 2.87. The SMILES string of the molecule is COC(=O)CCNC(=O)/C=C/c1cc(C)n(-c2ccc(C)cc2)c1C. The lowest BCUT2D eigenvalue weighted by Crippen LogP contribution is -2.24. The molecular weight excluding hydrogens is 316 g/mol. The van der Waals surface area contributed by atoms with E-state index in [2.05, 4.69) is 45.8 Å². The van der Waals surface area contributed by atoms with Gasteiger partial charge in [0.1, 0.15) is 0 Å². The molecule has 2 aromatic rings. The van der Waals surface area contributed by atoms with Crippen molar-refractivity contribution in [2.45, 2.75) is 27.2 Å². The van der Waals surface area contributed by atoms with Crippen LogP contribution >= 0.6 is 0 Å². The molecule has 1 aromatic heterocycles. The van der Waals surface area contributed by atoms with Gasteiger partial charge in [0.05, 0.1) is 13.5 Å². The van der Waals surface area contributed by atoms with Crippen molar-refractivity contribution in [1.29, 1.82) is 0 Å². The van der Waals surface area contributed by atoms with E-state index in [1.54, 1.807) is 6.08 Å². The van der Waals surface area contributed by atoms with Crippen molar-refractivity contribution in [3.63, 3.8) is 0 Å². The van der Waals surface area contributed by atoms with Crippen LogP contribution in [0.3, 0.4) is 0 Å². The highest BCUT2D eigenvalue weighted by Crippen LogP contribution is 2.22. The highest BCUT2D eigenvalue weighted by atomic mass is 16.5. The predicted molar refractivity (Wildman–Crippen MR) is 98.7 cm³/mol. The first-order valence-corrected chi connectivity index (χ1v) is 8.21. The molecule has 2 rings (SSSR count). The molecule has 0 saturated carbocycles. The monoisotopic (exact) mass is 340 g/mol. The molecule has 0 spiro atoms. The first-order chi connectivity index (χ1) is 11.9. The average molecular weight is 340 g/mol. The molecule has 1 amide bonds. The summed E-state index contributed by atoms with van der Waals surface area (Å²) in [5.74, 6) is -0.574. The van der Waals surface area contributed by atoms with Gasteiger partial charge in [-0.1, -0.05) is 17.7 Å². The zero-order valence-corrected chi connectivity index (χ0v) is 15.1. The Balaban J connectivity index is 2.08. The minimum Gasteiger partial charge on any atom is -0.469 e. The van der Waals surface area contributed by atoms with Crippen molar-refractivity contribution >= 4 is 18.0 Å². The highest BCUT2D eigenvalue weighted by Gasteiger charge is 2.09. The molecule has 0 aliphatic carbocycles. The number of esters is 1. The molecule has 1 heterocycles. The standard InChI is InChI=1S/C20H24N2O3/c1-14-5-8-18(9-6-14)22-15(2)13-17(16(22)3)7-10-19(23)21-12-11-20(24)25-4/h5-10,13H,11-12H2,1-4H3,(H,21,23)/b10-7+. The minimum atomic E-state index is -0.342.